The molecule has 5 heteroatoms. The van der Waals surface area contributed by atoms with Gasteiger partial charge in [-0.15, -0.1) is 0 Å². The molecule has 0 saturated carbocycles. The molecule has 0 spiro atoms. The average Bonchev–Trinajstić information content (AvgIpc) is 2.32. The Morgan fingerprint density at radius 3 is 2.42 bits per heavy atom. The number of nitrogens with zero attached hydrogens (tertiary/aromatic N) is 1. The molecule has 1 N–H and O–H groups in total. The molecule has 0 radical (unpaired) electrons. The molecule has 0 aliphatic rings. The van der Waals surface area contributed by atoms with E-state index in [0.29, 0.717) is 12.4 Å². The van der Waals surface area contributed by atoms with Crippen LogP contribution in [0.1, 0.15) is 11.1 Å². The minimum atomic E-state index is -0.681. The number of benzene rings is 1. The van der Waals surface area contributed by atoms with Gasteiger partial charge >= 0.3 is 0 Å². The SMILES string of the molecule is CNCc1cnc(Oc2cc(F)cc(F)c2)c(C)c1. The van der Waals surface area contributed by atoms with Gasteiger partial charge < -0.3 is 10.1 Å². The summed E-state index contributed by atoms with van der Waals surface area (Å²) < 4.78 is 31.5. The molecule has 0 aliphatic heterocycles. The van der Waals surface area contributed by atoms with E-state index in [1.54, 1.807) is 6.20 Å². The Kier molecular flexibility index (Phi) is 4.06. The molecule has 0 atom stereocenters. The van der Waals surface area contributed by atoms with E-state index in [1.807, 2.05) is 20.0 Å². The lowest BCUT2D eigenvalue weighted by Crippen LogP contribution is -2.06. The summed E-state index contributed by atoms with van der Waals surface area (Å²) in [4.78, 5) is 4.14. The van der Waals surface area contributed by atoms with Gasteiger partial charge in [-0.2, -0.15) is 0 Å². The lowest BCUT2D eigenvalue weighted by atomic mass is 10.2. The highest BCUT2D eigenvalue weighted by molar-refractivity contribution is 5.34. The number of rotatable bonds is 4. The largest absolute Gasteiger partial charge is 0.439 e. The van der Waals surface area contributed by atoms with Crippen molar-refractivity contribution in [3.05, 3.63) is 53.2 Å². The second kappa shape index (κ2) is 5.75. The third kappa shape index (κ3) is 3.48. The van der Waals surface area contributed by atoms with Crippen LogP contribution >= 0.6 is 0 Å². The van der Waals surface area contributed by atoms with Gasteiger partial charge in [0.25, 0.3) is 0 Å². The van der Waals surface area contributed by atoms with Crippen LogP contribution in [0.4, 0.5) is 8.78 Å². The van der Waals surface area contributed by atoms with Crippen LogP contribution in [0.3, 0.4) is 0 Å². The summed E-state index contributed by atoms with van der Waals surface area (Å²) >= 11 is 0. The fraction of sp³-hybridized carbons (Fsp3) is 0.214. The molecule has 0 aliphatic carbocycles. The van der Waals surface area contributed by atoms with Crippen LogP contribution < -0.4 is 10.1 Å². The van der Waals surface area contributed by atoms with Gasteiger partial charge in [0.05, 0.1) is 0 Å². The van der Waals surface area contributed by atoms with E-state index >= 15 is 0 Å². The molecular formula is C14H14F2N2O. The van der Waals surface area contributed by atoms with Crippen molar-refractivity contribution in [1.82, 2.24) is 10.3 Å². The van der Waals surface area contributed by atoms with Gasteiger partial charge in [-0.3, -0.25) is 0 Å². The molecule has 100 valence electrons. The molecule has 0 bridgehead atoms. The summed E-state index contributed by atoms with van der Waals surface area (Å²) in [7, 11) is 1.84. The van der Waals surface area contributed by atoms with E-state index in [2.05, 4.69) is 10.3 Å². The first-order valence-corrected chi connectivity index (χ1v) is 5.82. The Balaban J connectivity index is 2.23. The number of ether oxygens (including phenoxy) is 1. The van der Waals surface area contributed by atoms with Gasteiger partial charge in [0.15, 0.2) is 0 Å². The maximum Gasteiger partial charge on any atom is 0.222 e. The Hall–Kier alpha value is -2.01. The van der Waals surface area contributed by atoms with Crippen LogP contribution in [0.25, 0.3) is 0 Å². The number of hydrogen-bond acceptors (Lipinski definition) is 3. The predicted octanol–water partition coefficient (Wildman–Crippen LogP) is 3.18. The maximum absolute atomic E-state index is 13.0. The summed E-state index contributed by atoms with van der Waals surface area (Å²) in [6, 6.07) is 4.94. The predicted molar refractivity (Wildman–Crippen MR) is 68.2 cm³/mol. The molecule has 0 fully saturated rings. The average molecular weight is 264 g/mol. The van der Waals surface area contributed by atoms with E-state index in [1.165, 1.54) is 0 Å². The number of hydrogen-bond donors (Lipinski definition) is 1. The van der Waals surface area contributed by atoms with E-state index in [-0.39, 0.29) is 5.75 Å². The van der Waals surface area contributed by atoms with Gasteiger partial charge in [0.2, 0.25) is 5.88 Å². The minimum Gasteiger partial charge on any atom is -0.439 e. The van der Waals surface area contributed by atoms with Crippen molar-refractivity contribution in [2.24, 2.45) is 0 Å². The van der Waals surface area contributed by atoms with Gasteiger partial charge in [-0.05, 0) is 25.6 Å². The number of aromatic nitrogens is 1. The molecule has 0 amide bonds. The van der Waals surface area contributed by atoms with Crippen LogP contribution in [0.2, 0.25) is 0 Å². The molecule has 2 rings (SSSR count). The highest BCUT2D eigenvalue weighted by Crippen LogP contribution is 2.24. The highest BCUT2D eigenvalue weighted by Gasteiger charge is 2.07. The van der Waals surface area contributed by atoms with Crippen LogP contribution in [0.15, 0.2) is 30.5 Å². The molecule has 1 heterocycles. The second-order valence-electron chi connectivity index (χ2n) is 4.20. The van der Waals surface area contributed by atoms with Crippen LogP contribution in [0.5, 0.6) is 11.6 Å². The van der Waals surface area contributed by atoms with E-state index in [0.717, 1.165) is 29.3 Å². The standard InChI is InChI=1S/C14H14F2N2O/c1-9-3-10(7-17-2)8-18-14(9)19-13-5-11(15)4-12(16)6-13/h3-6,8,17H,7H2,1-2H3. The number of nitrogens with one attached hydrogen (secondary N) is 1. The van der Waals surface area contributed by atoms with Gasteiger partial charge in [0, 0.05) is 36.5 Å². The summed E-state index contributed by atoms with van der Waals surface area (Å²) in [5, 5.41) is 3.02. The van der Waals surface area contributed by atoms with Crippen molar-refractivity contribution in [3.63, 3.8) is 0 Å². The van der Waals surface area contributed by atoms with Crippen molar-refractivity contribution in [3.8, 4) is 11.6 Å². The summed E-state index contributed by atoms with van der Waals surface area (Å²) in [6.07, 6.45) is 1.66. The molecule has 3 nitrogen and oxygen atoms in total. The molecule has 2 aromatic rings. The van der Waals surface area contributed by atoms with E-state index in [9.17, 15) is 8.78 Å². The van der Waals surface area contributed by atoms with Crippen LogP contribution in [-0.2, 0) is 6.54 Å². The number of pyridine rings is 1. The van der Waals surface area contributed by atoms with Crippen molar-refractivity contribution in [1.29, 1.82) is 0 Å². The topological polar surface area (TPSA) is 34.2 Å². The lowest BCUT2D eigenvalue weighted by molar-refractivity contribution is 0.447. The molecule has 19 heavy (non-hydrogen) atoms. The second-order valence-corrected chi connectivity index (χ2v) is 4.20. The Morgan fingerprint density at radius 2 is 1.84 bits per heavy atom. The van der Waals surface area contributed by atoms with Gasteiger partial charge in [-0.1, -0.05) is 0 Å². The smallest absolute Gasteiger partial charge is 0.222 e. The zero-order valence-electron chi connectivity index (χ0n) is 10.7. The first-order valence-electron chi connectivity index (χ1n) is 5.82. The van der Waals surface area contributed by atoms with Crippen LogP contribution in [-0.4, -0.2) is 12.0 Å². The highest BCUT2D eigenvalue weighted by atomic mass is 19.1. The Bertz CT molecular complexity index is 567. The molecule has 1 aromatic heterocycles. The Morgan fingerprint density at radius 1 is 1.16 bits per heavy atom. The Labute approximate surface area is 110 Å². The summed E-state index contributed by atoms with van der Waals surface area (Å²) in [6.45, 7) is 2.53. The fourth-order valence-electron chi connectivity index (χ4n) is 1.73. The number of halogens is 2. The van der Waals surface area contributed by atoms with Crippen molar-refractivity contribution in [2.75, 3.05) is 7.05 Å². The molecule has 0 unspecified atom stereocenters. The lowest BCUT2D eigenvalue weighted by Gasteiger charge is -2.09. The minimum absolute atomic E-state index is 0.0921. The van der Waals surface area contributed by atoms with Crippen molar-refractivity contribution >= 4 is 0 Å². The summed E-state index contributed by atoms with van der Waals surface area (Å²) in [5.41, 5.74) is 1.81. The van der Waals surface area contributed by atoms with Gasteiger partial charge in [-0.25, -0.2) is 13.8 Å². The quantitative estimate of drug-likeness (QED) is 0.921. The summed E-state index contributed by atoms with van der Waals surface area (Å²) in [5.74, 6) is -0.932. The van der Waals surface area contributed by atoms with Crippen molar-refractivity contribution in [2.45, 2.75) is 13.5 Å². The molecular weight excluding hydrogens is 250 g/mol. The van der Waals surface area contributed by atoms with Crippen LogP contribution in [0, 0.1) is 18.6 Å². The first-order chi connectivity index (χ1) is 9.08. The van der Waals surface area contributed by atoms with Gasteiger partial charge in [0.1, 0.15) is 17.4 Å². The van der Waals surface area contributed by atoms with E-state index < -0.39 is 11.6 Å². The number of aryl methyl sites for hydroxylation is 1. The normalized spacial score (nSPS) is 10.5. The molecule has 1 aromatic carbocycles. The zero-order valence-corrected chi connectivity index (χ0v) is 10.7. The van der Waals surface area contributed by atoms with Crippen molar-refractivity contribution < 1.29 is 13.5 Å². The maximum atomic E-state index is 13.0. The monoisotopic (exact) mass is 264 g/mol. The third-order valence-corrected chi connectivity index (χ3v) is 2.52. The first kappa shape index (κ1) is 13.4. The fourth-order valence-corrected chi connectivity index (χ4v) is 1.73. The van der Waals surface area contributed by atoms with E-state index in [4.69, 9.17) is 4.74 Å². The third-order valence-electron chi connectivity index (χ3n) is 2.52. The molecule has 0 saturated heterocycles. The zero-order chi connectivity index (χ0) is 13.8.